The van der Waals surface area contributed by atoms with Crippen LogP contribution in [-0.2, 0) is 16.0 Å². The molecule has 2 unspecified atom stereocenters. The van der Waals surface area contributed by atoms with E-state index >= 15 is 0 Å². The first-order chi connectivity index (χ1) is 11.0. The molecule has 0 spiro atoms. The molecular formula is C16H19N3O3S. The smallest absolute Gasteiger partial charge is 0.240 e. The SMILES string of the molecule is NC(=O)C1CC(O)CCN1C(=O)CCc1nc2ccccc2s1. The quantitative estimate of drug-likeness (QED) is 0.874. The molecule has 1 aromatic heterocycles. The van der Waals surface area contributed by atoms with E-state index in [1.54, 1.807) is 11.3 Å². The molecule has 0 aliphatic carbocycles. The van der Waals surface area contributed by atoms with Gasteiger partial charge in [-0.15, -0.1) is 11.3 Å². The highest BCUT2D eigenvalue weighted by Crippen LogP contribution is 2.24. The molecule has 0 saturated carbocycles. The van der Waals surface area contributed by atoms with Gasteiger partial charge in [-0.05, 0) is 18.6 Å². The number of nitrogens with zero attached hydrogens (tertiary/aromatic N) is 2. The number of nitrogens with two attached hydrogens (primary N) is 1. The van der Waals surface area contributed by atoms with Gasteiger partial charge >= 0.3 is 0 Å². The molecule has 1 aromatic carbocycles. The minimum absolute atomic E-state index is 0.111. The third kappa shape index (κ3) is 3.51. The number of aliphatic hydroxyl groups is 1. The number of primary amides is 1. The average molecular weight is 333 g/mol. The number of carbonyl (C=O) groups excluding carboxylic acids is 2. The topological polar surface area (TPSA) is 96.5 Å². The molecule has 2 amide bonds. The van der Waals surface area contributed by atoms with Crippen molar-refractivity contribution in [2.45, 2.75) is 37.8 Å². The number of thiazole rings is 1. The summed E-state index contributed by atoms with van der Waals surface area (Å²) in [7, 11) is 0. The Bertz CT molecular complexity index is 697. The zero-order valence-electron chi connectivity index (χ0n) is 12.6. The van der Waals surface area contributed by atoms with Crippen molar-refractivity contribution in [2.24, 2.45) is 5.73 Å². The van der Waals surface area contributed by atoms with Crippen LogP contribution < -0.4 is 5.73 Å². The van der Waals surface area contributed by atoms with E-state index in [-0.39, 0.29) is 12.3 Å². The predicted molar refractivity (Wildman–Crippen MR) is 87.9 cm³/mol. The van der Waals surface area contributed by atoms with Gasteiger partial charge < -0.3 is 15.7 Å². The Hall–Kier alpha value is -1.99. The van der Waals surface area contributed by atoms with Gasteiger partial charge in [0.2, 0.25) is 11.8 Å². The molecule has 7 heteroatoms. The van der Waals surface area contributed by atoms with Crippen molar-refractivity contribution < 1.29 is 14.7 Å². The largest absolute Gasteiger partial charge is 0.393 e. The fraction of sp³-hybridized carbons (Fsp3) is 0.438. The van der Waals surface area contributed by atoms with Crippen LogP contribution in [0.25, 0.3) is 10.2 Å². The summed E-state index contributed by atoms with van der Waals surface area (Å²) in [6.45, 7) is 0.369. The maximum atomic E-state index is 12.4. The number of likely N-dealkylation sites (tertiary alicyclic amines) is 1. The second kappa shape index (κ2) is 6.64. The Morgan fingerprint density at radius 1 is 1.39 bits per heavy atom. The van der Waals surface area contributed by atoms with Crippen LogP contribution in [0.2, 0.25) is 0 Å². The lowest BCUT2D eigenvalue weighted by molar-refractivity contribution is -0.143. The number of rotatable bonds is 4. The van der Waals surface area contributed by atoms with E-state index in [1.165, 1.54) is 4.90 Å². The van der Waals surface area contributed by atoms with Crippen LogP contribution in [0.5, 0.6) is 0 Å². The van der Waals surface area contributed by atoms with Gasteiger partial charge in [-0.2, -0.15) is 0 Å². The first-order valence-corrected chi connectivity index (χ1v) is 8.47. The molecule has 1 aliphatic heterocycles. The number of benzene rings is 1. The van der Waals surface area contributed by atoms with Crippen LogP contribution in [0.15, 0.2) is 24.3 Å². The third-order valence-corrected chi connectivity index (χ3v) is 5.21. The highest BCUT2D eigenvalue weighted by Gasteiger charge is 2.34. The lowest BCUT2D eigenvalue weighted by Gasteiger charge is -2.36. The second-order valence-corrected chi connectivity index (χ2v) is 6.87. The van der Waals surface area contributed by atoms with E-state index in [9.17, 15) is 14.7 Å². The summed E-state index contributed by atoms with van der Waals surface area (Å²) >= 11 is 1.58. The number of fused-ring (bicyclic) bond motifs is 1. The number of aliphatic hydroxyl groups excluding tert-OH is 1. The normalized spacial score (nSPS) is 21.5. The van der Waals surface area contributed by atoms with Crippen LogP contribution in [0, 0.1) is 0 Å². The summed E-state index contributed by atoms with van der Waals surface area (Å²) < 4.78 is 1.10. The standard InChI is InChI=1S/C16H19N3O3S/c17-16(22)12-9-10(20)7-8-19(12)15(21)6-5-14-18-11-3-1-2-4-13(11)23-14/h1-4,10,12,20H,5-9H2,(H2,17,22). The minimum atomic E-state index is -0.707. The van der Waals surface area contributed by atoms with E-state index in [1.807, 2.05) is 24.3 Å². The highest BCUT2D eigenvalue weighted by molar-refractivity contribution is 7.18. The molecule has 1 fully saturated rings. The number of aromatic nitrogens is 1. The van der Waals surface area contributed by atoms with Crippen LogP contribution >= 0.6 is 11.3 Å². The summed E-state index contributed by atoms with van der Waals surface area (Å²) in [5, 5.41) is 10.6. The maximum absolute atomic E-state index is 12.4. The fourth-order valence-corrected chi connectivity index (χ4v) is 3.87. The van der Waals surface area contributed by atoms with Crippen molar-refractivity contribution in [1.29, 1.82) is 0 Å². The van der Waals surface area contributed by atoms with E-state index in [0.717, 1.165) is 15.2 Å². The molecule has 1 aliphatic rings. The Morgan fingerprint density at radius 3 is 2.91 bits per heavy atom. The average Bonchev–Trinajstić information content (AvgIpc) is 2.95. The van der Waals surface area contributed by atoms with Crippen molar-refractivity contribution in [1.82, 2.24) is 9.88 Å². The molecule has 6 nitrogen and oxygen atoms in total. The number of amides is 2. The highest BCUT2D eigenvalue weighted by atomic mass is 32.1. The molecule has 2 atom stereocenters. The van der Waals surface area contributed by atoms with Gasteiger partial charge in [0.15, 0.2) is 0 Å². The van der Waals surface area contributed by atoms with Crippen LogP contribution in [0.3, 0.4) is 0 Å². The number of piperidine rings is 1. The van der Waals surface area contributed by atoms with Gasteiger partial charge in [0.05, 0.1) is 21.3 Å². The molecular weight excluding hydrogens is 314 g/mol. The summed E-state index contributed by atoms with van der Waals surface area (Å²) in [6.07, 6.45) is 0.974. The molecule has 23 heavy (non-hydrogen) atoms. The van der Waals surface area contributed by atoms with Gasteiger partial charge in [0, 0.05) is 25.8 Å². The summed E-state index contributed by atoms with van der Waals surface area (Å²) in [6, 6.07) is 7.15. The number of carbonyl (C=O) groups is 2. The van der Waals surface area contributed by atoms with E-state index in [0.29, 0.717) is 25.8 Å². The predicted octanol–water partition coefficient (Wildman–Crippen LogP) is 1.07. The van der Waals surface area contributed by atoms with Crippen molar-refractivity contribution in [3.05, 3.63) is 29.3 Å². The van der Waals surface area contributed by atoms with Crippen molar-refractivity contribution in [3.63, 3.8) is 0 Å². The van der Waals surface area contributed by atoms with Crippen LogP contribution in [0.4, 0.5) is 0 Å². The first kappa shape index (κ1) is 15.9. The van der Waals surface area contributed by atoms with Gasteiger partial charge in [-0.25, -0.2) is 4.98 Å². The number of hydrogen-bond donors (Lipinski definition) is 2. The van der Waals surface area contributed by atoms with Crippen molar-refractivity contribution in [3.8, 4) is 0 Å². The molecule has 2 aromatic rings. The third-order valence-electron chi connectivity index (χ3n) is 4.11. The summed E-state index contributed by atoms with van der Waals surface area (Å²) in [5.74, 6) is -0.669. The number of aryl methyl sites for hydroxylation is 1. The minimum Gasteiger partial charge on any atom is -0.393 e. The van der Waals surface area contributed by atoms with Crippen LogP contribution in [0.1, 0.15) is 24.3 Å². The molecule has 2 heterocycles. The van der Waals surface area contributed by atoms with Gasteiger partial charge in [0.25, 0.3) is 0 Å². The van der Waals surface area contributed by atoms with Gasteiger partial charge in [-0.3, -0.25) is 9.59 Å². The molecule has 0 radical (unpaired) electrons. The molecule has 3 N–H and O–H groups in total. The van der Waals surface area contributed by atoms with E-state index < -0.39 is 18.1 Å². The molecule has 3 rings (SSSR count). The summed E-state index contributed by atoms with van der Waals surface area (Å²) in [5.41, 5.74) is 6.30. The Morgan fingerprint density at radius 2 is 2.17 bits per heavy atom. The van der Waals surface area contributed by atoms with E-state index in [4.69, 9.17) is 5.73 Å². The number of para-hydroxylation sites is 1. The zero-order valence-corrected chi connectivity index (χ0v) is 13.5. The Labute approximate surface area is 137 Å². The monoisotopic (exact) mass is 333 g/mol. The van der Waals surface area contributed by atoms with Gasteiger partial charge in [0.1, 0.15) is 6.04 Å². The lowest BCUT2D eigenvalue weighted by atomic mass is 9.98. The van der Waals surface area contributed by atoms with Crippen molar-refractivity contribution in [2.75, 3.05) is 6.54 Å². The Balaban J connectivity index is 1.65. The molecule has 1 saturated heterocycles. The second-order valence-electron chi connectivity index (χ2n) is 5.76. The van der Waals surface area contributed by atoms with E-state index in [2.05, 4.69) is 4.98 Å². The van der Waals surface area contributed by atoms with Crippen LogP contribution in [-0.4, -0.2) is 45.5 Å². The maximum Gasteiger partial charge on any atom is 0.240 e. The Kier molecular flexibility index (Phi) is 4.58. The zero-order chi connectivity index (χ0) is 16.4. The fourth-order valence-electron chi connectivity index (χ4n) is 2.90. The van der Waals surface area contributed by atoms with Gasteiger partial charge in [-0.1, -0.05) is 12.1 Å². The first-order valence-electron chi connectivity index (χ1n) is 7.66. The van der Waals surface area contributed by atoms with Crippen molar-refractivity contribution >= 4 is 33.4 Å². The summed E-state index contributed by atoms with van der Waals surface area (Å²) in [4.78, 5) is 29.9. The lowest BCUT2D eigenvalue weighted by Crippen LogP contribution is -2.53. The molecule has 122 valence electrons. The molecule has 0 bridgehead atoms. The number of hydrogen-bond acceptors (Lipinski definition) is 5.